The predicted molar refractivity (Wildman–Crippen MR) is 72.8 cm³/mol. The van der Waals surface area contributed by atoms with Crippen molar-refractivity contribution in [3.8, 4) is 5.75 Å². The number of nitrogens with one attached hydrogen (secondary N) is 2. The normalized spacial score (nSPS) is 16.6. The number of phenolic OH excluding ortho intramolecular Hbond substituents is 1. The first-order valence-electron chi connectivity index (χ1n) is 6.37. The Hall–Kier alpha value is -2.37. The molecule has 6 nitrogen and oxygen atoms in total. The second kappa shape index (κ2) is 6.70. The summed E-state index contributed by atoms with van der Waals surface area (Å²) in [4.78, 5) is 33.6. The maximum absolute atomic E-state index is 11.4. The molecular weight excluding hydrogens is 260 g/mol. The molecule has 6 heteroatoms. The molecule has 1 heterocycles. The van der Waals surface area contributed by atoms with E-state index in [4.69, 9.17) is 5.11 Å². The van der Waals surface area contributed by atoms with Crippen molar-refractivity contribution in [3.05, 3.63) is 30.3 Å². The summed E-state index contributed by atoms with van der Waals surface area (Å²) < 4.78 is 0. The molecule has 1 fully saturated rings. The Morgan fingerprint density at radius 3 is 1.70 bits per heavy atom. The van der Waals surface area contributed by atoms with E-state index in [-0.39, 0.29) is 0 Å². The van der Waals surface area contributed by atoms with Gasteiger partial charge in [0.25, 0.3) is 0 Å². The van der Waals surface area contributed by atoms with Crippen molar-refractivity contribution < 1.29 is 19.5 Å². The van der Waals surface area contributed by atoms with Gasteiger partial charge in [-0.05, 0) is 25.0 Å². The zero-order valence-corrected chi connectivity index (χ0v) is 11.5. The quantitative estimate of drug-likeness (QED) is 0.715. The first-order chi connectivity index (χ1) is 9.46. The van der Waals surface area contributed by atoms with Gasteiger partial charge in [-0.25, -0.2) is 4.79 Å². The van der Waals surface area contributed by atoms with Crippen molar-refractivity contribution in [1.29, 1.82) is 0 Å². The molecule has 1 aromatic rings. The van der Waals surface area contributed by atoms with Gasteiger partial charge in [0.2, 0.25) is 11.8 Å². The fourth-order valence-corrected chi connectivity index (χ4v) is 1.90. The highest BCUT2D eigenvalue weighted by Crippen LogP contribution is 2.28. The number of para-hydroxylation sites is 1. The van der Waals surface area contributed by atoms with Crippen LogP contribution in [0.1, 0.15) is 26.7 Å². The molecule has 0 aliphatic carbocycles. The number of carbonyl (C=O) groups is 3. The first kappa shape index (κ1) is 15.7. The Kier molecular flexibility index (Phi) is 5.25. The molecule has 0 aromatic heterocycles. The lowest BCUT2D eigenvalue weighted by molar-refractivity contribution is -0.144. The monoisotopic (exact) mass is 278 g/mol. The van der Waals surface area contributed by atoms with Crippen LogP contribution in [0.25, 0.3) is 0 Å². The number of urea groups is 1. The van der Waals surface area contributed by atoms with Gasteiger partial charge < -0.3 is 5.11 Å². The predicted octanol–water partition coefficient (Wildman–Crippen LogP) is 1.55. The Bertz CT molecular complexity index is 473. The fourth-order valence-electron chi connectivity index (χ4n) is 1.90. The van der Waals surface area contributed by atoms with E-state index >= 15 is 0 Å². The van der Waals surface area contributed by atoms with Crippen molar-refractivity contribution in [2.24, 2.45) is 5.41 Å². The lowest BCUT2D eigenvalue weighted by Gasteiger charge is -2.31. The highest BCUT2D eigenvalue weighted by Gasteiger charge is 2.47. The molecule has 4 amide bonds. The zero-order chi connectivity index (χ0) is 15.2. The smallest absolute Gasteiger partial charge is 0.328 e. The number of amides is 4. The van der Waals surface area contributed by atoms with E-state index in [0.29, 0.717) is 18.6 Å². The summed E-state index contributed by atoms with van der Waals surface area (Å²) in [6.45, 7) is 3.50. The van der Waals surface area contributed by atoms with Gasteiger partial charge in [0, 0.05) is 0 Å². The number of imide groups is 2. The number of benzene rings is 1. The molecule has 108 valence electrons. The molecule has 0 saturated carbocycles. The zero-order valence-electron chi connectivity index (χ0n) is 11.5. The van der Waals surface area contributed by atoms with Gasteiger partial charge in [0.1, 0.15) is 11.2 Å². The van der Waals surface area contributed by atoms with Crippen molar-refractivity contribution in [3.63, 3.8) is 0 Å². The topological polar surface area (TPSA) is 95.5 Å². The molecule has 0 bridgehead atoms. The molecule has 1 aromatic carbocycles. The molecule has 0 unspecified atom stereocenters. The lowest BCUT2D eigenvalue weighted by Crippen LogP contribution is -2.61. The summed E-state index contributed by atoms with van der Waals surface area (Å²) in [6.07, 6.45) is 0.795. The molecule has 1 saturated heterocycles. The number of aromatic hydroxyl groups is 1. The molecule has 3 N–H and O–H groups in total. The Morgan fingerprint density at radius 2 is 1.40 bits per heavy atom. The van der Waals surface area contributed by atoms with Crippen molar-refractivity contribution in [1.82, 2.24) is 10.6 Å². The number of carbonyl (C=O) groups excluding carboxylic acids is 3. The SMILES string of the molecule is CCC1(CC)C(=O)NC(=O)NC1=O.Oc1ccccc1. The highest BCUT2D eigenvalue weighted by atomic mass is 16.3. The van der Waals surface area contributed by atoms with Gasteiger partial charge >= 0.3 is 6.03 Å². The first-order valence-corrected chi connectivity index (χ1v) is 6.37. The Labute approximate surface area is 117 Å². The van der Waals surface area contributed by atoms with Crippen LogP contribution in [0.15, 0.2) is 30.3 Å². The third kappa shape index (κ3) is 3.34. The molecule has 0 atom stereocenters. The van der Waals surface area contributed by atoms with Gasteiger partial charge in [-0.15, -0.1) is 0 Å². The average molecular weight is 278 g/mol. The van der Waals surface area contributed by atoms with E-state index in [1.165, 1.54) is 0 Å². The van der Waals surface area contributed by atoms with Crippen molar-refractivity contribution in [2.45, 2.75) is 26.7 Å². The van der Waals surface area contributed by atoms with Gasteiger partial charge in [-0.1, -0.05) is 32.0 Å². The summed E-state index contributed by atoms with van der Waals surface area (Å²) in [6, 6.07) is 7.98. The Morgan fingerprint density at radius 1 is 0.950 bits per heavy atom. The summed E-state index contributed by atoms with van der Waals surface area (Å²) in [5, 5.41) is 12.8. The van der Waals surface area contributed by atoms with Gasteiger partial charge in [-0.2, -0.15) is 0 Å². The van der Waals surface area contributed by atoms with E-state index in [1.807, 2.05) is 6.07 Å². The van der Waals surface area contributed by atoms with E-state index in [1.54, 1.807) is 38.1 Å². The van der Waals surface area contributed by atoms with Crippen LogP contribution >= 0.6 is 0 Å². The minimum absolute atomic E-state index is 0.322. The average Bonchev–Trinajstić information content (AvgIpc) is 2.41. The van der Waals surface area contributed by atoms with Crippen LogP contribution in [-0.2, 0) is 9.59 Å². The second-order valence-electron chi connectivity index (χ2n) is 4.36. The minimum atomic E-state index is -1.06. The maximum Gasteiger partial charge on any atom is 0.328 e. The molecule has 1 aliphatic rings. The van der Waals surface area contributed by atoms with Gasteiger partial charge in [0.15, 0.2) is 0 Å². The number of barbiturate groups is 1. The Balaban J connectivity index is 0.000000240. The van der Waals surface area contributed by atoms with Crippen LogP contribution in [0.5, 0.6) is 5.75 Å². The van der Waals surface area contributed by atoms with Crippen LogP contribution in [0.4, 0.5) is 4.79 Å². The molecule has 20 heavy (non-hydrogen) atoms. The van der Waals surface area contributed by atoms with Gasteiger partial charge in [0.05, 0.1) is 0 Å². The van der Waals surface area contributed by atoms with E-state index in [0.717, 1.165) is 0 Å². The molecule has 0 spiro atoms. The third-order valence-corrected chi connectivity index (χ3v) is 3.29. The molecule has 2 rings (SSSR count). The fraction of sp³-hybridized carbons (Fsp3) is 0.357. The van der Waals surface area contributed by atoms with Crippen LogP contribution in [-0.4, -0.2) is 23.0 Å². The number of rotatable bonds is 2. The molecule has 1 aliphatic heterocycles. The largest absolute Gasteiger partial charge is 0.508 e. The number of hydrogen-bond donors (Lipinski definition) is 3. The third-order valence-electron chi connectivity index (χ3n) is 3.29. The molecular formula is C14H18N2O4. The maximum atomic E-state index is 11.4. The number of hydrogen-bond acceptors (Lipinski definition) is 4. The second-order valence-corrected chi connectivity index (χ2v) is 4.36. The van der Waals surface area contributed by atoms with Crippen molar-refractivity contribution in [2.75, 3.05) is 0 Å². The summed E-state index contributed by atoms with van der Waals surface area (Å²) >= 11 is 0. The lowest BCUT2D eigenvalue weighted by atomic mass is 9.79. The van der Waals surface area contributed by atoms with E-state index in [9.17, 15) is 14.4 Å². The summed E-state index contributed by atoms with van der Waals surface area (Å²) in [5.74, 6) is -0.667. The van der Waals surface area contributed by atoms with Crippen LogP contribution in [0, 0.1) is 5.41 Å². The van der Waals surface area contributed by atoms with Crippen LogP contribution in [0.3, 0.4) is 0 Å². The number of phenols is 1. The molecule has 0 radical (unpaired) electrons. The van der Waals surface area contributed by atoms with E-state index in [2.05, 4.69) is 10.6 Å². The van der Waals surface area contributed by atoms with Crippen LogP contribution < -0.4 is 10.6 Å². The summed E-state index contributed by atoms with van der Waals surface area (Å²) in [5.41, 5.74) is -1.06. The standard InChI is InChI=1S/C8H12N2O3.C6H6O/c1-3-8(4-2)5(11)9-7(13)10-6(8)12;7-6-4-2-1-3-5-6/h3-4H2,1-2H3,(H2,9,10,11,12,13);1-5,7H. The minimum Gasteiger partial charge on any atom is -0.508 e. The van der Waals surface area contributed by atoms with E-state index < -0.39 is 23.3 Å². The van der Waals surface area contributed by atoms with Crippen molar-refractivity contribution >= 4 is 17.8 Å². The van der Waals surface area contributed by atoms with Crippen LogP contribution in [0.2, 0.25) is 0 Å². The van der Waals surface area contributed by atoms with Gasteiger partial charge in [-0.3, -0.25) is 20.2 Å². The summed E-state index contributed by atoms with van der Waals surface area (Å²) in [7, 11) is 0. The highest BCUT2D eigenvalue weighted by molar-refractivity contribution is 6.19.